The molecule has 0 spiro atoms. The number of likely N-dealkylation sites (N-methyl/N-ethyl adjacent to an activating group) is 1. The third-order valence-corrected chi connectivity index (χ3v) is 7.61. The highest BCUT2D eigenvalue weighted by Crippen LogP contribution is 2.15. The normalized spacial score (nSPS) is 14.1. The van der Waals surface area contributed by atoms with Crippen LogP contribution in [-0.4, -0.2) is 100 Å². The summed E-state index contributed by atoms with van der Waals surface area (Å²) in [5.74, 6) is -6.66. The molecule has 4 atom stereocenters. The van der Waals surface area contributed by atoms with Crippen LogP contribution in [0, 0.1) is 0 Å². The highest BCUT2D eigenvalue weighted by Gasteiger charge is 2.27. The Hall–Kier alpha value is -4.08. The van der Waals surface area contributed by atoms with Gasteiger partial charge < -0.3 is 46.7 Å². The molecule has 0 saturated heterocycles. The number of hydrogen-bond acceptors (Lipinski definition) is 9. The average Bonchev–Trinajstić information content (AvgIpc) is 3.01. The minimum atomic E-state index is -1.51. The lowest BCUT2D eigenvalue weighted by atomic mass is 9.91. The first kappa shape index (κ1) is 41.9. The molecule has 0 aliphatic rings. The molecule has 0 heterocycles. The number of unbranched alkanes of at least 4 members (excludes halogenated alkanes) is 3. The van der Waals surface area contributed by atoms with Crippen molar-refractivity contribution in [3.05, 3.63) is 0 Å². The number of aliphatic carboxylic acids is 3. The first-order chi connectivity index (χ1) is 21.7. The second-order valence-corrected chi connectivity index (χ2v) is 11.1. The number of aldehydes is 1. The Bertz CT molecular complexity index is 1030. The molecule has 8 N–H and O–H groups in total. The van der Waals surface area contributed by atoms with Crippen LogP contribution < -0.4 is 26.6 Å². The number of hydrogen-bond donors (Lipinski definition) is 8. The molecule has 0 aromatic rings. The van der Waals surface area contributed by atoms with Crippen LogP contribution in [0.1, 0.15) is 104 Å². The Morgan fingerprint density at radius 1 is 0.630 bits per heavy atom. The molecule has 0 aromatic heterocycles. The van der Waals surface area contributed by atoms with Gasteiger partial charge in [0.05, 0.1) is 5.54 Å². The maximum absolute atomic E-state index is 12.4. The Kier molecular flexibility index (Phi) is 21.2. The number of carboxylic acid groups (broad SMARTS) is 3. The molecule has 0 rings (SSSR count). The first-order valence-corrected chi connectivity index (χ1v) is 15.7. The zero-order valence-corrected chi connectivity index (χ0v) is 27.0. The molecule has 0 saturated carbocycles. The highest BCUT2D eigenvalue weighted by molar-refractivity contribution is 5.87. The third-order valence-electron chi connectivity index (χ3n) is 7.61. The Balaban J connectivity index is 4.69. The van der Waals surface area contributed by atoms with Crippen LogP contribution in [0.15, 0.2) is 0 Å². The molecule has 0 radical (unpaired) electrons. The summed E-state index contributed by atoms with van der Waals surface area (Å²) in [6, 6.07) is -4.26. The minimum Gasteiger partial charge on any atom is -0.480 e. The monoisotopic (exact) mass is 657 g/mol. The molecular weight excluding hydrogens is 606 g/mol. The van der Waals surface area contributed by atoms with Gasteiger partial charge in [-0.25, -0.2) is 14.4 Å². The lowest BCUT2D eigenvalue weighted by Crippen LogP contribution is -2.45. The Morgan fingerprint density at radius 2 is 1.07 bits per heavy atom. The molecule has 0 fully saturated rings. The first-order valence-electron chi connectivity index (χ1n) is 15.7. The van der Waals surface area contributed by atoms with Crippen LogP contribution in [0.4, 0.5) is 0 Å². The van der Waals surface area contributed by atoms with Crippen LogP contribution in [0.3, 0.4) is 0 Å². The van der Waals surface area contributed by atoms with E-state index in [4.69, 9.17) is 0 Å². The summed E-state index contributed by atoms with van der Waals surface area (Å²) in [6.45, 7) is 4.18. The van der Waals surface area contributed by atoms with Gasteiger partial charge in [0.1, 0.15) is 24.4 Å². The Labute approximate surface area is 269 Å². The fourth-order valence-corrected chi connectivity index (χ4v) is 4.49. The highest BCUT2D eigenvalue weighted by atomic mass is 16.4. The molecule has 46 heavy (non-hydrogen) atoms. The van der Waals surface area contributed by atoms with Crippen LogP contribution in [0.25, 0.3) is 0 Å². The third kappa shape index (κ3) is 18.0. The number of carboxylic acids is 3. The van der Waals surface area contributed by atoms with E-state index >= 15 is 0 Å². The number of carbonyl (C=O) groups is 8. The van der Waals surface area contributed by atoms with Gasteiger partial charge in [0, 0.05) is 32.2 Å². The zero-order chi connectivity index (χ0) is 35.1. The van der Waals surface area contributed by atoms with Gasteiger partial charge in [-0.15, -0.1) is 0 Å². The second kappa shape index (κ2) is 23.3. The predicted octanol–water partition coefficient (Wildman–Crippen LogP) is 0.469. The summed E-state index contributed by atoms with van der Waals surface area (Å²) in [4.78, 5) is 94.9. The van der Waals surface area contributed by atoms with Gasteiger partial charge in [-0.1, -0.05) is 26.7 Å². The van der Waals surface area contributed by atoms with Crippen molar-refractivity contribution in [2.24, 2.45) is 0 Å². The molecule has 16 nitrogen and oxygen atoms in total. The van der Waals surface area contributed by atoms with Gasteiger partial charge in [-0.3, -0.25) is 19.2 Å². The standard InChI is InChI=1S/C30H51N5O11/c1-4-6-7-10-24(38)33-21(28(43)44)12-15-26(40)35-22(29(45)46)13-16-25(39)34-20(27(41)42)11-14-23(37)32-18-9-8-17-30(5-2,19-36)31-3/h19-22,31H,4-18H2,1-3H3,(H,32,37)(H,33,38)(H,34,39)(H,35,40)(H,41,42)(H,43,44)(H,45,46)/t20-,21-,22-,30-/m0/s1. The number of nitrogens with one attached hydrogen (secondary N) is 5. The van der Waals surface area contributed by atoms with Gasteiger partial charge in [-0.2, -0.15) is 0 Å². The SMILES string of the molecule is CCCCCC(=O)N[C@@H](CCC(=O)N[C@@H](CCC(=O)N[C@@H](CCC(=O)NCCCC[C@](C=O)(CC)NC)C(=O)O)C(=O)O)C(=O)O. The van der Waals surface area contributed by atoms with Crippen molar-refractivity contribution in [2.45, 2.75) is 127 Å². The van der Waals surface area contributed by atoms with Crippen molar-refractivity contribution in [1.82, 2.24) is 26.6 Å². The van der Waals surface area contributed by atoms with E-state index in [0.29, 0.717) is 38.6 Å². The summed E-state index contributed by atoms with van der Waals surface area (Å²) in [5.41, 5.74) is -0.605. The van der Waals surface area contributed by atoms with Crippen molar-refractivity contribution in [3.8, 4) is 0 Å². The largest absolute Gasteiger partial charge is 0.480 e. The molecule has 0 aliphatic carbocycles. The van der Waals surface area contributed by atoms with Crippen molar-refractivity contribution in [1.29, 1.82) is 0 Å². The minimum absolute atomic E-state index is 0.143. The molecule has 16 heteroatoms. The lowest BCUT2D eigenvalue weighted by Gasteiger charge is -2.25. The maximum atomic E-state index is 12.4. The fourth-order valence-electron chi connectivity index (χ4n) is 4.49. The predicted molar refractivity (Wildman–Crippen MR) is 166 cm³/mol. The summed E-state index contributed by atoms with van der Waals surface area (Å²) in [7, 11) is 1.71. The molecule has 262 valence electrons. The van der Waals surface area contributed by atoms with E-state index in [0.717, 1.165) is 19.1 Å². The van der Waals surface area contributed by atoms with E-state index in [1.807, 2.05) is 13.8 Å². The van der Waals surface area contributed by atoms with Crippen LogP contribution in [0.2, 0.25) is 0 Å². The van der Waals surface area contributed by atoms with E-state index in [-0.39, 0.29) is 32.1 Å². The molecule has 0 aromatic carbocycles. The molecule has 4 amide bonds. The van der Waals surface area contributed by atoms with Gasteiger partial charge in [0.25, 0.3) is 0 Å². The van der Waals surface area contributed by atoms with Crippen molar-refractivity contribution in [2.75, 3.05) is 13.6 Å². The number of carbonyl (C=O) groups excluding carboxylic acids is 5. The zero-order valence-electron chi connectivity index (χ0n) is 27.0. The van der Waals surface area contributed by atoms with E-state index < -0.39 is 78.0 Å². The molecule has 0 unspecified atom stereocenters. The van der Waals surface area contributed by atoms with Gasteiger partial charge in [-0.05, 0) is 58.4 Å². The van der Waals surface area contributed by atoms with E-state index in [1.165, 1.54) is 0 Å². The van der Waals surface area contributed by atoms with Crippen molar-refractivity contribution in [3.63, 3.8) is 0 Å². The topological polar surface area (TPSA) is 257 Å². The molecule has 0 bridgehead atoms. The fraction of sp³-hybridized carbons (Fsp3) is 0.733. The molecule has 0 aliphatic heterocycles. The average molecular weight is 658 g/mol. The quantitative estimate of drug-likeness (QED) is 0.0443. The summed E-state index contributed by atoms with van der Waals surface area (Å²) in [5, 5.41) is 40.8. The smallest absolute Gasteiger partial charge is 0.326 e. The van der Waals surface area contributed by atoms with Gasteiger partial charge in [0.15, 0.2) is 0 Å². The maximum Gasteiger partial charge on any atom is 0.326 e. The van der Waals surface area contributed by atoms with Gasteiger partial charge in [0.2, 0.25) is 23.6 Å². The van der Waals surface area contributed by atoms with Crippen LogP contribution in [0.5, 0.6) is 0 Å². The summed E-state index contributed by atoms with van der Waals surface area (Å²) < 4.78 is 0. The summed E-state index contributed by atoms with van der Waals surface area (Å²) >= 11 is 0. The van der Waals surface area contributed by atoms with E-state index in [1.54, 1.807) is 7.05 Å². The lowest BCUT2D eigenvalue weighted by molar-refractivity contribution is -0.144. The van der Waals surface area contributed by atoms with E-state index in [9.17, 15) is 53.7 Å². The van der Waals surface area contributed by atoms with Crippen LogP contribution in [-0.2, 0) is 38.4 Å². The Morgan fingerprint density at radius 3 is 1.43 bits per heavy atom. The van der Waals surface area contributed by atoms with E-state index in [2.05, 4.69) is 26.6 Å². The van der Waals surface area contributed by atoms with Gasteiger partial charge >= 0.3 is 17.9 Å². The van der Waals surface area contributed by atoms with Crippen molar-refractivity contribution < 1.29 is 53.7 Å². The second-order valence-electron chi connectivity index (χ2n) is 11.1. The van der Waals surface area contributed by atoms with Crippen molar-refractivity contribution >= 4 is 47.8 Å². The van der Waals surface area contributed by atoms with Crippen LogP contribution >= 0.6 is 0 Å². The summed E-state index contributed by atoms with van der Waals surface area (Å²) in [6.07, 6.45) is 3.90. The number of rotatable bonds is 27. The number of amides is 4. The molecular formula is C30H51N5O11.